The molecule has 1 aliphatic heterocycles. The van der Waals surface area contributed by atoms with Gasteiger partial charge in [-0.25, -0.2) is 8.42 Å². The Morgan fingerprint density at radius 2 is 1.88 bits per heavy atom. The molecule has 0 atom stereocenters. The number of nitrogens with one attached hydrogen (secondary N) is 1. The molecule has 1 saturated heterocycles. The van der Waals surface area contributed by atoms with E-state index in [4.69, 9.17) is 4.74 Å². The highest BCUT2D eigenvalue weighted by Crippen LogP contribution is 2.33. The number of hydrogen-bond donors (Lipinski definition) is 1. The normalized spacial score (nSPS) is 16.0. The third-order valence-electron chi connectivity index (χ3n) is 4.34. The van der Waals surface area contributed by atoms with Crippen LogP contribution >= 0.6 is 12.4 Å². The van der Waals surface area contributed by atoms with Gasteiger partial charge in [-0.15, -0.1) is 12.4 Å². The molecular weight excluding hydrogens is 348 g/mol. The molecule has 0 amide bonds. The molecule has 1 heterocycles. The molecule has 7 heteroatoms. The Bertz CT molecular complexity index is 643. The number of piperidine rings is 1. The van der Waals surface area contributed by atoms with Crippen molar-refractivity contribution in [2.45, 2.75) is 51.0 Å². The Hall–Kier alpha value is -0.820. The van der Waals surface area contributed by atoms with Gasteiger partial charge < -0.3 is 10.1 Å². The van der Waals surface area contributed by atoms with E-state index in [0.717, 1.165) is 43.5 Å². The number of hydrogen-bond acceptors (Lipinski definition) is 4. The molecule has 0 unspecified atom stereocenters. The molecule has 1 N–H and O–H groups in total. The maximum atomic E-state index is 13.3. The summed E-state index contributed by atoms with van der Waals surface area (Å²) in [5.74, 6) is 0.464. The van der Waals surface area contributed by atoms with Crippen molar-refractivity contribution in [3.63, 3.8) is 0 Å². The average Bonchev–Trinajstić information content (AvgIpc) is 2.52. The van der Waals surface area contributed by atoms with Gasteiger partial charge >= 0.3 is 0 Å². The van der Waals surface area contributed by atoms with Crippen LogP contribution in [0.4, 0.5) is 0 Å². The standard InChI is InChI=1S/C17H28N2O3S.ClH/c1-5-10-19(15-6-8-18-9-7-15)23(20,21)16-12-13(2)11-14(3)17(16)22-4;/h11-12,15,18H,5-10H2,1-4H3;1H. The lowest BCUT2D eigenvalue weighted by atomic mass is 10.1. The highest BCUT2D eigenvalue weighted by atomic mass is 35.5. The molecule has 1 aromatic carbocycles. The summed E-state index contributed by atoms with van der Waals surface area (Å²) in [6, 6.07) is 3.74. The van der Waals surface area contributed by atoms with Gasteiger partial charge in [-0.2, -0.15) is 4.31 Å². The predicted octanol–water partition coefficient (Wildman–Crippen LogP) is 2.89. The van der Waals surface area contributed by atoms with Crippen molar-refractivity contribution >= 4 is 22.4 Å². The van der Waals surface area contributed by atoms with Crippen LogP contribution in [-0.2, 0) is 10.0 Å². The third-order valence-corrected chi connectivity index (χ3v) is 6.29. The van der Waals surface area contributed by atoms with E-state index in [9.17, 15) is 8.42 Å². The fraction of sp³-hybridized carbons (Fsp3) is 0.647. The van der Waals surface area contributed by atoms with E-state index < -0.39 is 10.0 Å². The summed E-state index contributed by atoms with van der Waals surface area (Å²) in [5.41, 5.74) is 1.79. The van der Waals surface area contributed by atoms with Crippen molar-refractivity contribution in [3.05, 3.63) is 23.3 Å². The third kappa shape index (κ3) is 4.42. The van der Waals surface area contributed by atoms with Crippen molar-refractivity contribution < 1.29 is 13.2 Å². The van der Waals surface area contributed by atoms with Crippen LogP contribution in [0.15, 0.2) is 17.0 Å². The number of halogens is 1. The fourth-order valence-electron chi connectivity index (χ4n) is 3.31. The molecule has 2 rings (SSSR count). The molecular formula is C17H29ClN2O3S. The predicted molar refractivity (Wildman–Crippen MR) is 99.8 cm³/mol. The van der Waals surface area contributed by atoms with Crippen LogP contribution < -0.4 is 10.1 Å². The average molecular weight is 377 g/mol. The highest BCUT2D eigenvalue weighted by Gasteiger charge is 2.34. The van der Waals surface area contributed by atoms with E-state index in [1.807, 2.05) is 26.8 Å². The summed E-state index contributed by atoms with van der Waals surface area (Å²) in [6.45, 7) is 8.10. The van der Waals surface area contributed by atoms with E-state index in [0.29, 0.717) is 17.2 Å². The highest BCUT2D eigenvalue weighted by molar-refractivity contribution is 7.89. The first-order chi connectivity index (χ1) is 10.9. The van der Waals surface area contributed by atoms with Crippen LogP contribution in [0, 0.1) is 13.8 Å². The van der Waals surface area contributed by atoms with Crippen LogP contribution in [0.25, 0.3) is 0 Å². The molecule has 24 heavy (non-hydrogen) atoms. The summed E-state index contributed by atoms with van der Waals surface area (Å²) < 4.78 is 33.8. The van der Waals surface area contributed by atoms with Crippen LogP contribution in [0.3, 0.4) is 0 Å². The van der Waals surface area contributed by atoms with Gasteiger partial charge in [0, 0.05) is 12.6 Å². The second-order valence-electron chi connectivity index (χ2n) is 6.21. The second kappa shape index (κ2) is 9.04. The summed E-state index contributed by atoms with van der Waals surface area (Å²) in [5, 5.41) is 3.30. The number of aryl methyl sites for hydroxylation is 2. The van der Waals surface area contributed by atoms with Crippen molar-refractivity contribution in [1.29, 1.82) is 0 Å². The minimum Gasteiger partial charge on any atom is -0.495 e. The minimum atomic E-state index is -3.57. The van der Waals surface area contributed by atoms with Crippen molar-refractivity contribution in [2.75, 3.05) is 26.7 Å². The summed E-state index contributed by atoms with van der Waals surface area (Å²) in [6.07, 6.45) is 2.51. The number of benzene rings is 1. The first kappa shape index (κ1) is 21.2. The van der Waals surface area contributed by atoms with E-state index in [1.54, 1.807) is 10.4 Å². The summed E-state index contributed by atoms with van der Waals surface area (Å²) in [7, 11) is -2.04. The monoisotopic (exact) mass is 376 g/mol. The van der Waals surface area contributed by atoms with Gasteiger partial charge in [-0.05, 0) is 63.4 Å². The minimum absolute atomic E-state index is 0. The van der Waals surface area contributed by atoms with Crippen molar-refractivity contribution in [2.24, 2.45) is 0 Å². The second-order valence-corrected chi connectivity index (χ2v) is 8.07. The first-order valence-corrected chi connectivity index (χ1v) is 9.73. The van der Waals surface area contributed by atoms with Gasteiger partial charge in [0.1, 0.15) is 10.6 Å². The van der Waals surface area contributed by atoms with Crippen LogP contribution in [0.2, 0.25) is 0 Å². The maximum absolute atomic E-state index is 13.3. The fourth-order valence-corrected chi connectivity index (χ4v) is 5.40. The van der Waals surface area contributed by atoms with Crippen LogP contribution in [-0.4, -0.2) is 45.5 Å². The Morgan fingerprint density at radius 1 is 1.25 bits per heavy atom. The molecule has 0 radical (unpaired) electrons. The zero-order valence-electron chi connectivity index (χ0n) is 15.0. The lowest BCUT2D eigenvalue weighted by molar-refractivity contribution is 0.261. The molecule has 138 valence electrons. The molecule has 1 fully saturated rings. The Morgan fingerprint density at radius 3 is 2.42 bits per heavy atom. The van der Waals surface area contributed by atoms with Gasteiger partial charge in [0.2, 0.25) is 10.0 Å². The molecule has 0 aliphatic carbocycles. The van der Waals surface area contributed by atoms with Gasteiger partial charge in [-0.1, -0.05) is 13.0 Å². The topological polar surface area (TPSA) is 58.6 Å². The number of sulfonamides is 1. The van der Waals surface area contributed by atoms with E-state index in [1.165, 1.54) is 7.11 Å². The Balaban J connectivity index is 0.00000288. The lowest BCUT2D eigenvalue weighted by Crippen LogP contribution is -2.46. The molecule has 0 saturated carbocycles. The number of nitrogens with zero attached hydrogens (tertiary/aromatic N) is 1. The zero-order valence-corrected chi connectivity index (χ0v) is 16.6. The van der Waals surface area contributed by atoms with Gasteiger partial charge in [-0.3, -0.25) is 0 Å². The number of ether oxygens (including phenoxy) is 1. The molecule has 0 bridgehead atoms. The van der Waals surface area contributed by atoms with Crippen LogP contribution in [0.5, 0.6) is 5.75 Å². The molecule has 0 aromatic heterocycles. The van der Waals surface area contributed by atoms with Gasteiger partial charge in [0.05, 0.1) is 7.11 Å². The summed E-state index contributed by atoms with van der Waals surface area (Å²) >= 11 is 0. The Labute approximate surface area is 152 Å². The number of rotatable bonds is 6. The largest absolute Gasteiger partial charge is 0.495 e. The van der Waals surface area contributed by atoms with Gasteiger partial charge in [0.15, 0.2) is 0 Å². The smallest absolute Gasteiger partial charge is 0.247 e. The van der Waals surface area contributed by atoms with Crippen molar-refractivity contribution in [3.8, 4) is 5.75 Å². The van der Waals surface area contributed by atoms with E-state index in [2.05, 4.69) is 5.32 Å². The summed E-state index contributed by atoms with van der Waals surface area (Å²) in [4.78, 5) is 0.296. The molecule has 0 spiro atoms. The SMILES string of the molecule is CCCN(C1CCNCC1)S(=O)(=O)c1cc(C)cc(C)c1OC.Cl. The quantitative estimate of drug-likeness (QED) is 0.829. The molecule has 1 aliphatic rings. The van der Waals surface area contributed by atoms with Crippen molar-refractivity contribution in [1.82, 2.24) is 9.62 Å². The van der Waals surface area contributed by atoms with E-state index >= 15 is 0 Å². The van der Waals surface area contributed by atoms with Gasteiger partial charge in [0.25, 0.3) is 0 Å². The van der Waals surface area contributed by atoms with E-state index in [-0.39, 0.29) is 18.4 Å². The molecule has 5 nitrogen and oxygen atoms in total. The zero-order chi connectivity index (χ0) is 17.0. The lowest BCUT2D eigenvalue weighted by Gasteiger charge is -2.34. The Kier molecular flexibility index (Phi) is 7.99. The molecule has 1 aromatic rings. The first-order valence-electron chi connectivity index (χ1n) is 8.29. The van der Waals surface area contributed by atoms with Crippen LogP contribution in [0.1, 0.15) is 37.3 Å². The maximum Gasteiger partial charge on any atom is 0.247 e. The number of methoxy groups -OCH3 is 1.